The van der Waals surface area contributed by atoms with Gasteiger partial charge in [-0.1, -0.05) is 11.6 Å². The molecule has 9 heteroatoms. The van der Waals surface area contributed by atoms with E-state index in [1.165, 1.54) is 13.0 Å². The number of furan rings is 1. The van der Waals surface area contributed by atoms with Crippen molar-refractivity contribution in [3.05, 3.63) is 46.4 Å². The Morgan fingerprint density at radius 1 is 1.33 bits per heavy atom. The number of sulfonamides is 1. The number of hydrogen-bond donors (Lipinski definition) is 2. The summed E-state index contributed by atoms with van der Waals surface area (Å²) in [5, 5.41) is -0.392. The van der Waals surface area contributed by atoms with Gasteiger partial charge < -0.3 is 10.2 Å². The molecule has 114 valence electrons. The average molecular weight is 337 g/mol. The molecular weight excluding hydrogens is 326 g/mol. The zero-order valence-corrected chi connectivity index (χ0v) is 12.4. The lowest BCUT2D eigenvalue weighted by molar-refractivity contribution is 0.479. The second kappa shape index (κ2) is 5.63. The van der Waals surface area contributed by atoms with Gasteiger partial charge in [0.2, 0.25) is 0 Å². The minimum atomic E-state index is -4.14. The lowest BCUT2D eigenvalue weighted by atomic mass is 10.3. The quantitative estimate of drug-likeness (QED) is 0.899. The van der Waals surface area contributed by atoms with Gasteiger partial charge in [-0.15, -0.1) is 0 Å². The van der Waals surface area contributed by atoms with Gasteiger partial charge in [0.15, 0.2) is 5.82 Å². The standard InChI is InChI=1S/C12H11ClF2N2O3S/c1-6-11(4-8(5-16)20-6)21(18,19)17-12-9(13)2-7(14)3-10(12)15/h2-4,17H,5,16H2,1H3. The summed E-state index contributed by atoms with van der Waals surface area (Å²) in [5.41, 5.74) is 4.83. The highest BCUT2D eigenvalue weighted by Crippen LogP contribution is 2.30. The van der Waals surface area contributed by atoms with Gasteiger partial charge in [-0.3, -0.25) is 4.72 Å². The van der Waals surface area contributed by atoms with E-state index in [4.69, 9.17) is 21.8 Å². The zero-order valence-electron chi connectivity index (χ0n) is 10.8. The molecule has 1 aromatic carbocycles. The van der Waals surface area contributed by atoms with Gasteiger partial charge in [-0.05, 0) is 13.0 Å². The van der Waals surface area contributed by atoms with Crippen LogP contribution in [-0.2, 0) is 16.6 Å². The first-order valence-electron chi connectivity index (χ1n) is 5.71. The molecule has 0 bridgehead atoms. The van der Waals surface area contributed by atoms with Crippen molar-refractivity contribution < 1.29 is 21.6 Å². The highest BCUT2D eigenvalue weighted by molar-refractivity contribution is 7.92. The summed E-state index contributed by atoms with van der Waals surface area (Å²) in [4.78, 5) is -0.192. The monoisotopic (exact) mass is 336 g/mol. The number of hydrogen-bond acceptors (Lipinski definition) is 4. The molecule has 0 atom stereocenters. The van der Waals surface area contributed by atoms with E-state index in [-0.39, 0.29) is 23.0 Å². The van der Waals surface area contributed by atoms with Crippen LogP contribution in [0, 0.1) is 18.6 Å². The van der Waals surface area contributed by atoms with Gasteiger partial charge >= 0.3 is 0 Å². The SMILES string of the molecule is Cc1oc(CN)cc1S(=O)(=O)Nc1c(F)cc(F)cc1Cl. The van der Waals surface area contributed by atoms with Crippen LogP contribution < -0.4 is 10.5 Å². The first-order chi connectivity index (χ1) is 9.74. The molecule has 2 aromatic rings. The van der Waals surface area contributed by atoms with Crippen LogP contribution in [0.25, 0.3) is 0 Å². The molecule has 2 rings (SSSR count). The summed E-state index contributed by atoms with van der Waals surface area (Å²) >= 11 is 5.65. The molecule has 0 fully saturated rings. The lowest BCUT2D eigenvalue weighted by Gasteiger charge is -2.10. The lowest BCUT2D eigenvalue weighted by Crippen LogP contribution is -2.15. The number of nitrogens with one attached hydrogen (secondary N) is 1. The van der Waals surface area contributed by atoms with Crippen LogP contribution in [0.2, 0.25) is 5.02 Å². The van der Waals surface area contributed by atoms with Crippen molar-refractivity contribution >= 4 is 27.3 Å². The zero-order chi connectivity index (χ0) is 15.8. The Labute approximate surface area is 124 Å². The second-order valence-electron chi connectivity index (χ2n) is 4.19. The summed E-state index contributed by atoms with van der Waals surface area (Å²) in [6, 6.07) is 2.56. The summed E-state index contributed by atoms with van der Waals surface area (Å²) in [6.45, 7) is 1.44. The van der Waals surface area contributed by atoms with Gasteiger partial charge in [0.25, 0.3) is 10.0 Å². The third-order valence-corrected chi connectivity index (χ3v) is 4.41. The molecule has 0 aliphatic carbocycles. The Morgan fingerprint density at radius 2 is 2.00 bits per heavy atom. The number of nitrogens with two attached hydrogens (primary N) is 1. The maximum atomic E-state index is 13.6. The van der Waals surface area contributed by atoms with Crippen LogP contribution in [0.3, 0.4) is 0 Å². The Morgan fingerprint density at radius 3 is 2.52 bits per heavy atom. The van der Waals surface area contributed by atoms with Crippen LogP contribution in [0.4, 0.5) is 14.5 Å². The number of benzene rings is 1. The molecular formula is C12H11ClF2N2O3S. The van der Waals surface area contributed by atoms with Gasteiger partial charge in [-0.2, -0.15) is 0 Å². The van der Waals surface area contributed by atoms with Crippen LogP contribution in [-0.4, -0.2) is 8.42 Å². The molecule has 0 aliphatic heterocycles. The summed E-state index contributed by atoms with van der Waals surface area (Å²) in [7, 11) is -4.14. The van der Waals surface area contributed by atoms with Crippen molar-refractivity contribution in [2.24, 2.45) is 5.73 Å². The van der Waals surface area contributed by atoms with Crippen LogP contribution in [0.15, 0.2) is 27.5 Å². The molecule has 0 aliphatic rings. The molecule has 0 saturated heterocycles. The van der Waals surface area contributed by atoms with E-state index in [2.05, 4.69) is 0 Å². The van der Waals surface area contributed by atoms with Gasteiger partial charge in [-0.25, -0.2) is 17.2 Å². The fourth-order valence-electron chi connectivity index (χ4n) is 1.72. The smallest absolute Gasteiger partial charge is 0.265 e. The van der Waals surface area contributed by atoms with Crippen molar-refractivity contribution in [2.75, 3.05) is 4.72 Å². The Kier molecular flexibility index (Phi) is 4.22. The topological polar surface area (TPSA) is 85.3 Å². The van der Waals surface area contributed by atoms with Crippen molar-refractivity contribution in [1.82, 2.24) is 0 Å². The van der Waals surface area contributed by atoms with Gasteiger partial charge in [0.1, 0.15) is 27.9 Å². The molecule has 0 unspecified atom stereocenters. The summed E-state index contributed by atoms with van der Waals surface area (Å²) in [5.74, 6) is -1.67. The third-order valence-electron chi connectivity index (χ3n) is 2.66. The van der Waals surface area contributed by atoms with E-state index in [1.54, 1.807) is 0 Å². The van der Waals surface area contributed by atoms with Crippen LogP contribution in [0.5, 0.6) is 0 Å². The maximum absolute atomic E-state index is 13.6. The van der Waals surface area contributed by atoms with E-state index < -0.39 is 32.4 Å². The van der Waals surface area contributed by atoms with Crippen LogP contribution >= 0.6 is 11.6 Å². The first-order valence-corrected chi connectivity index (χ1v) is 7.57. The number of aryl methyl sites for hydroxylation is 1. The van der Waals surface area contributed by atoms with E-state index in [0.29, 0.717) is 6.07 Å². The van der Waals surface area contributed by atoms with Crippen molar-refractivity contribution in [3.63, 3.8) is 0 Å². The predicted molar refractivity (Wildman–Crippen MR) is 73.5 cm³/mol. The highest BCUT2D eigenvalue weighted by atomic mass is 35.5. The molecule has 3 N–H and O–H groups in total. The molecule has 1 heterocycles. The van der Waals surface area contributed by atoms with E-state index in [1.807, 2.05) is 4.72 Å². The fourth-order valence-corrected chi connectivity index (χ4v) is 3.31. The minimum absolute atomic E-state index is 0.0159. The predicted octanol–water partition coefficient (Wildman–Crippen LogP) is 2.78. The van der Waals surface area contributed by atoms with E-state index >= 15 is 0 Å². The fraction of sp³-hybridized carbons (Fsp3) is 0.167. The van der Waals surface area contributed by atoms with Crippen molar-refractivity contribution in [2.45, 2.75) is 18.4 Å². The normalized spacial score (nSPS) is 11.7. The largest absolute Gasteiger partial charge is 0.464 e. The molecule has 1 aromatic heterocycles. The van der Waals surface area contributed by atoms with Crippen molar-refractivity contribution in [1.29, 1.82) is 0 Å². The molecule has 5 nitrogen and oxygen atoms in total. The van der Waals surface area contributed by atoms with Gasteiger partial charge in [0.05, 0.1) is 11.6 Å². The highest BCUT2D eigenvalue weighted by Gasteiger charge is 2.24. The van der Waals surface area contributed by atoms with E-state index in [9.17, 15) is 17.2 Å². The molecule has 0 spiro atoms. The number of rotatable bonds is 4. The molecule has 21 heavy (non-hydrogen) atoms. The van der Waals surface area contributed by atoms with Crippen LogP contribution in [0.1, 0.15) is 11.5 Å². The third kappa shape index (κ3) is 3.17. The van der Waals surface area contributed by atoms with Gasteiger partial charge in [0, 0.05) is 12.1 Å². The Bertz CT molecular complexity index is 767. The molecule has 0 radical (unpaired) electrons. The summed E-state index contributed by atoms with van der Waals surface area (Å²) in [6.07, 6.45) is 0. The van der Waals surface area contributed by atoms with E-state index in [0.717, 1.165) is 6.07 Å². The average Bonchev–Trinajstić information content (AvgIpc) is 2.76. The summed E-state index contributed by atoms with van der Waals surface area (Å²) < 4.78 is 58.1. The first kappa shape index (κ1) is 15.7. The second-order valence-corrected chi connectivity index (χ2v) is 6.25. The number of anilines is 1. The number of halogens is 3. The Balaban J connectivity index is 2.44. The Hall–Kier alpha value is -1.64. The maximum Gasteiger partial charge on any atom is 0.265 e. The van der Waals surface area contributed by atoms with Crippen molar-refractivity contribution in [3.8, 4) is 0 Å². The molecule has 0 saturated carbocycles. The minimum Gasteiger partial charge on any atom is -0.464 e. The molecule has 0 amide bonds.